The molecule has 0 radical (unpaired) electrons. The van der Waals surface area contributed by atoms with Gasteiger partial charge < -0.3 is 19.3 Å². The van der Waals surface area contributed by atoms with Crippen LogP contribution in [0, 0.1) is 11.6 Å². The third-order valence-corrected chi connectivity index (χ3v) is 3.41. The molecule has 1 aliphatic heterocycles. The van der Waals surface area contributed by atoms with Crippen LogP contribution in [-0.2, 0) is 4.74 Å². The van der Waals surface area contributed by atoms with E-state index in [1.54, 1.807) is 18.9 Å². The summed E-state index contributed by atoms with van der Waals surface area (Å²) in [7, 11) is 3.68. The molecule has 1 aromatic rings. The quantitative estimate of drug-likeness (QED) is 0.853. The Labute approximate surface area is 131 Å². The fraction of sp³-hybridized carbons (Fsp3) is 0.625. The molecule has 1 fully saturated rings. The van der Waals surface area contributed by atoms with Crippen molar-refractivity contribution >= 4 is 5.69 Å². The molecule has 1 saturated heterocycles. The summed E-state index contributed by atoms with van der Waals surface area (Å²) in [6.45, 7) is 7.85. The minimum Gasteiger partial charge on any atom is -0.494 e. The Morgan fingerprint density at radius 1 is 1.00 bits per heavy atom. The van der Waals surface area contributed by atoms with Crippen LogP contribution in [0.3, 0.4) is 0 Å². The maximum atomic E-state index is 13.9. The summed E-state index contributed by atoms with van der Waals surface area (Å²) in [4.78, 5) is 3.89. The third-order valence-electron chi connectivity index (χ3n) is 3.41. The van der Waals surface area contributed by atoms with Crippen molar-refractivity contribution in [2.45, 2.75) is 13.8 Å². The fourth-order valence-electron chi connectivity index (χ4n) is 2.12. The number of benzene rings is 1. The molecule has 22 heavy (non-hydrogen) atoms. The third kappa shape index (κ3) is 5.42. The second kappa shape index (κ2) is 9.58. The van der Waals surface area contributed by atoms with Gasteiger partial charge in [-0.05, 0) is 20.9 Å². The van der Waals surface area contributed by atoms with E-state index in [0.29, 0.717) is 19.7 Å². The molecule has 1 aliphatic rings. The topological polar surface area (TPSA) is 24.9 Å². The van der Waals surface area contributed by atoms with E-state index in [4.69, 9.17) is 4.74 Å². The molecule has 126 valence electrons. The minimum absolute atomic E-state index is 0.0616. The number of hydrogen-bond donors (Lipinski definition) is 0. The Morgan fingerprint density at radius 3 is 1.91 bits per heavy atom. The molecular weight excluding hydrogens is 290 g/mol. The zero-order valence-corrected chi connectivity index (χ0v) is 13.9. The lowest BCUT2D eigenvalue weighted by Gasteiger charge is -2.34. The largest absolute Gasteiger partial charge is 0.494 e. The summed E-state index contributed by atoms with van der Waals surface area (Å²) >= 11 is 0. The number of ether oxygens (including phenoxy) is 2. The first-order chi connectivity index (χ1) is 10.5. The van der Waals surface area contributed by atoms with Gasteiger partial charge >= 0.3 is 0 Å². The smallest absolute Gasteiger partial charge is 0.153 e. The molecule has 0 bridgehead atoms. The normalized spacial score (nSPS) is 15.3. The maximum absolute atomic E-state index is 13.9. The van der Waals surface area contributed by atoms with Crippen LogP contribution in [0.1, 0.15) is 13.8 Å². The number of rotatable bonds is 4. The van der Waals surface area contributed by atoms with E-state index in [0.717, 1.165) is 19.7 Å². The second-order valence-corrected chi connectivity index (χ2v) is 5.04. The van der Waals surface area contributed by atoms with Crippen molar-refractivity contribution in [1.82, 2.24) is 4.90 Å². The van der Waals surface area contributed by atoms with Gasteiger partial charge in [0.15, 0.2) is 11.6 Å². The first-order valence-electron chi connectivity index (χ1n) is 7.57. The second-order valence-electron chi connectivity index (χ2n) is 5.04. The molecule has 2 rings (SSSR count). The van der Waals surface area contributed by atoms with Crippen molar-refractivity contribution in [1.29, 1.82) is 0 Å². The summed E-state index contributed by atoms with van der Waals surface area (Å²) in [6.07, 6.45) is 0. The molecule has 0 atom stereocenters. The predicted octanol–water partition coefficient (Wildman–Crippen LogP) is 2.77. The molecule has 1 heterocycles. The van der Waals surface area contributed by atoms with Gasteiger partial charge in [0.2, 0.25) is 0 Å². The number of methoxy groups -OCH3 is 1. The average Bonchev–Trinajstić information content (AvgIpc) is 2.49. The average molecular weight is 316 g/mol. The van der Waals surface area contributed by atoms with E-state index >= 15 is 0 Å². The number of likely N-dealkylation sites (N-methyl/N-ethyl adjacent to an activating group) is 1. The molecule has 0 saturated carbocycles. The maximum Gasteiger partial charge on any atom is 0.153 e. The number of hydrogen-bond acceptors (Lipinski definition) is 4. The Hall–Kier alpha value is -1.40. The van der Waals surface area contributed by atoms with Crippen LogP contribution < -0.4 is 9.64 Å². The summed E-state index contributed by atoms with van der Waals surface area (Å²) in [6, 6.07) is 2.50. The van der Waals surface area contributed by atoms with E-state index in [9.17, 15) is 8.78 Å². The highest BCUT2D eigenvalue weighted by Crippen LogP contribution is 2.28. The standard InChI is InChI=1S/C13H18F2N2O.C3H8O/c1-3-18-10-8-11(14)13(12(15)9-10)17-6-4-16(2)5-7-17;1-3-4-2/h8-9H,3-7H2,1-2H3;3H2,1-2H3. The van der Waals surface area contributed by atoms with Crippen LogP contribution in [0.2, 0.25) is 0 Å². The van der Waals surface area contributed by atoms with Gasteiger partial charge in [0.25, 0.3) is 0 Å². The first kappa shape index (κ1) is 18.6. The van der Waals surface area contributed by atoms with Crippen LogP contribution in [-0.4, -0.2) is 58.5 Å². The first-order valence-corrected chi connectivity index (χ1v) is 7.57. The van der Waals surface area contributed by atoms with Crippen LogP contribution in [0.4, 0.5) is 14.5 Å². The molecule has 0 spiro atoms. The van der Waals surface area contributed by atoms with Crippen molar-refractivity contribution in [2.24, 2.45) is 0 Å². The van der Waals surface area contributed by atoms with E-state index < -0.39 is 11.6 Å². The van der Waals surface area contributed by atoms with E-state index in [1.165, 1.54) is 12.1 Å². The Morgan fingerprint density at radius 2 is 1.50 bits per heavy atom. The predicted molar refractivity (Wildman–Crippen MR) is 84.8 cm³/mol. The Balaban J connectivity index is 0.000000541. The summed E-state index contributed by atoms with van der Waals surface area (Å²) in [5.74, 6) is -0.864. The number of piperazine rings is 1. The molecule has 4 nitrogen and oxygen atoms in total. The monoisotopic (exact) mass is 316 g/mol. The molecule has 0 aromatic heterocycles. The lowest BCUT2D eigenvalue weighted by Crippen LogP contribution is -2.45. The zero-order valence-electron chi connectivity index (χ0n) is 13.9. The van der Waals surface area contributed by atoms with Crippen molar-refractivity contribution in [3.05, 3.63) is 23.8 Å². The molecule has 1 aromatic carbocycles. The molecule has 6 heteroatoms. The van der Waals surface area contributed by atoms with Gasteiger partial charge in [-0.1, -0.05) is 0 Å². The van der Waals surface area contributed by atoms with Crippen molar-refractivity contribution < 1.29 is 18.3 Å². The zero-order chi connectivity index (χ0) is 16.5. The van der Waals surface area contributed by atoms with E-state index in [2.05, 4.69) is 9.64 Å². The van der Waals surface area contributed by atoms with Gasteiger partial charge in [-0.3, -0.25) is 0 Å². The van der Waals surface area contributed by atoms with Crippen LogP contribution in [0.5, 0.6) is 5.75 Å². The van der Waals surface area contributed by atoms with Gasteiger partial charge in [-0.25, -0.2) is 8.78 Å². The van der Waals surface area contributed by atoms with Crippen molar-refractivity contribution in [3.63, 3.8) is 0 Å². The Kier molecular flexibility index (Phi) is 8.12. The SMILES string of the molecule is CCOC.CCOc1cc(F)c(N2CCN(C)CC2)c(F)c1. The van der Waals surface area contributed by atoms with Gasteiger partial charge in [0.05, 0.1) is 6.61 Å². The molecule has 0 amide bonds. The fourth-order valence-corrected chi connectivity index (χ4v) is 2.12. The molecule has 0 aliphatic carbocycles. The van der Waals surface area contributed by atoms with Gasteiger partial charge in [0, 0.05) is 52.0 Å². The van der Waals surface area contributed by atoms with Crippen LogP contribution >= 0.6 is 0 Å². The lowest BCUT2D eigenvalue weighted by atomic mass is 10.2. The highest BCUT2D eigenvalue weighted by atomic mass is 19.1. The number of anilines is 1. The minimum atomic E-state index is -0.553. The molecule has 0 unspecified atom stereocenters. The highest BCUT2D eigenvalue weighted by Gasteiger charge is 2.21. The van der Waals surface area contributed by atoms with Gasteiger partial charge in [0.1, 0.15) is 11.4 Å². The highest BCUT2D eigenvalue weighted by molar-refractivity contribution is 5.52. The van der Waals surface area contributed by atoms with Crippen molar-refractivity contribution in [3.8, 4) is 5.75 Å². The van der Waals surface area contributed by atoms with Gasteiger partial charge in [-0.15, -0.1) is 0 Å². The van der Waals surface area contributed by atoms with Crippen LogP contribution in [0.25, 0.3) is 0 Å². The molecule has 0 N–H and O–H groups in total. The van der Waals surface area contributed by atoms with E-state index in [1.807, 2.05) is 14.0 Å². The number of nitrogens with zero attached hydrogens (tertiary/aromatic N) is 2. The van der Waals surface area contributed by atoms with E-state index in [-0.39, 0.29) is 11.4 Å². The Bertz CT molecular complexity index is 425. The summed E-state index contributed by atoms with van der Waals surface area (Å²) < 4.78 is 37.5. The summed E-state index contributed by atoms with van der Waals surface area (Å²) in [5, 5.41) is 0. The van der Waals surface area contributed by atoms with Crippen molar-refractivity contribution in [2.75, 3.05) is 58.5 Å². The summed E-state index contributed by atoms with van der Waals surface area (Å²) in [5.41, 5.74) is 0.0616. The number of halogens is 2. The van der Waals surface area contributed by atoms with Gasteiger partial charge in [-0.2, -0.15) is 0 Å². The van der Waals surface area contributed by atoms with Crippen LogP contribution in [0.15, 0.2) is 12.1 Å². The molecular formula is C16H26F2N2O2. The lowest BCUT2D eigenvalue weighted by molar-refractivity contribution is 0.215.